The highest BCUT2D eigenvalue weighted by atomic mass is 32.2. The second-order valence-electron chi connectivity index (χ2n) is 9.53. The lowest BCUT2D eigenvalue weighted by Crippen LogP contribution is -2.50. The first-order valence-electron chi connectivity index (χ1n) is 12.5. The van der Waals surface area contributed by atoms with Gasteiger partial charge in [-0.3, -0.25) is 9.59 Å². The summed E-state index contributed by atoms with van der Waals surface area (Å²) in [4.78, 5) is 48.6. The normalized spacial score (nSPS) is 19.2. The monoisotopic (exact) mass is 542 g/mol. The van der Waals surface area contributed by atoms with Gasteiger partial charge in [0.2, 0.25) is 11.8 Å². The van der Waals surface area contributed by atoms with Crippen LogP contribution in [0.1, 0.15) is 45.7 Å². The number of allylic oxidation sites excluding steroid dienone is 1. The van der Waals surface area contributed by atoms with Crippen molar-refractivity contribution < 1.29 is 28.6 Å². The number of piperazine rings is 1. The summed E-state index contributed by atoms with van der Waals surface area (Å²) in [6.07, 6.45) is -0.168. The van der Waals surface area contributed by atoms with Crippen molar-refractivity contribution in [2.45, 2.75) is 46.3 Å². The number of nitrogens with zero attached hydrogens (tertiary/aromatic N) is 4. The predicted octanol–water partition coefficient (Wildman–Crippen LogP) is 3.31. The molecular formula is C27H34N4O6S. The average Bonchev–Trinajstić information content (AvgIpc) is 3.28. The molecule has 0 bridgehead atoms. The molecule has 0 N–H and O–H groups in total. The number of thioether (sulfide) groups is 1. The van der Waals surface area contributed by atoms with Gasteiger partial charge in [-0.2, -0.15) is 0 Å². The summed E-state index contributed by atoms with van der Waals surface area (Å²) in [6.45, 7) is 8.97. The zero-order chi connectivity index (χ0) is 27.6. The number of aliphatic imine (C=N–C) groups is 1. The van der Waals surface area contributed by atoms with E-state index < -0.39 is 12.0 Å². The number of carbonyl (C=O) groups is 3. The molecule has 0 radical (unpaired) electrons. The Morgan fingerprint density at radius 1 is 1.05 bits per heavy atom. The number of carbonyl (C=O) groups excluding carboxylic acids is 3. The van der Waals surface area contributed by atoms with Crippen LogP contribution < -0.4 is 9.47 Å². The molecule has 204 valence electrons. The van der Waals surface area contributed by atoms with Crippen molar-refractivity contribution in [3.8, 4) is 11.5 Å². The first kappa shape index (κ1) is 27.6. The van der Waals surface area contributed by atoms with Crippen molar-refractivity contribution in [3.63, 3.8) is 0 Å². The van der Waals surface area contributed by atoms with Crippen LogP contribution in [0.5, 0.6) is 11.5 Å². The van der Waals surface area contributed by atoms with Crippen LogP contribution in [0.2, 0.25) is 0 Å². The molecule has 38 heavy (non-hydrogen) atoms. The van der Waals surface area contributed by atoms with Crippen molar-refractivity contribution >= 4 is 34.7 Å². The lowest BCUT2D eigenvalue weighted by molar-refractivity contribution is -0.143. The number of amides is 2. The Kier molecular flexibility index (Phi) is 8.35. The van der Waals surface area contributed by atoms with Gasteiger partial charge in [-0.15, -0.1) is 0 Å². The summed E-state index contributed by atoms with van der Waals surface area (Å²) in [6, 6.07) is 4.95. The highest BCUT2D eigenvalue weighted by Crippen LogP contribution is 2.46. The summed E-state index contributed by atoms with van der Waals surface area (Å²) < 4.78 is 16.6. The maximum Gasteiger partial charge on any atom is 0.338 e. The van der Waals surface area contributed by atoms with Gasteiger partial charge in [0.1, 0.15) is 0 Å². The van der Waals surface area contributed by atoms with E-state index in [0.717, 1.165) is 11.3 Å². The Morgan fingerprint density at radius 2 is 1.71 bits per heavy atom. The molecule has 1 fully saturated rings. The van der Waals surface area contributed by atoms with E-state index in [1.165, 1.54) is 11.8 Å². The van der Waals surface area contributed by atoms with Gasteiger partial charge >= 0.3 is 5.97 Å². The third-order valence-electron chi connectivity index (χ3n) is 6.70. The molecule has 4 rings (SSSR count). The van der Waals surface area contributed by atoms with Crippen molar-refractivity contribution in [1.29, 1.82) is 0 Å². The van der Waals surface area contributed by atoms with Crippen LogP contribution in [0.3, 0.4) is 0 Å². The minimum absolute atomic E-state index is 0.0157. The van der Waals surface area contributed by atoms with Gasteiger partial charge in [-0.25, -0.2) is 9.79 Å². The molecule has 11 heteroatoms. The van der Waals surface area contributed by atoms with E-state index in [1.54, 1.807) is 57.8 Å². The number of hydrogen-bond donors (Lipinski definition) is 0. The Morgan fingerprint density at radius 3 is 2.32 bits per heavy atom. The first-order chi connectivity index (χ1) is 18.1. The lowest BCUT2D eigenvalue weighted by Gasteiger charge is -2.38. The molecule has 1 unspecified atom stereocenters. The molecule has 10 nitrogen and oxygen atoms in total. The Bertz CT molecular complexity index is 1220. The van der Waals surface area contributed by atoms with Crippen molar-refractivity contribution in [1.82, 2.24) is 14.7 Å². The zero-order valence-corrected chi connectivity index (χ0v) is 23.5. The Hall–Kier alpha value is -3.47. The van der Waals surface area contributed by atoms with E-state index in [0.29, 0.717) is 54.1 Å². The molecule has 0 aliphatic carbocycles. The molecule has 3 heterocycles. The van der Waals surface area contributed by atoms with E-state index in [-0.39, 0.29) is 24.3 Å². The first-order valence-corrected chi connectivity index (χ1v) is 13.4. The molecule has 0 aromatic heterocycles. The van der Waals surface area contributed by atoms with Crippen LogP contribution in [0, 0.1) is 0 Å². The fourth-order valence-corrected chi connectivity index (χ4v) is 5.75. The average molecular weight is 543 g/mol. The maximum atomic E-state index is 13.4. The number of methoxy groups -OCH3 is 2. The minimum atomic E-state index is -0.572. The van der Waals surface area contributed by atoms with Gasteiger partial charge < -0.3 is 28.9 Å². The van der Waals surface area contributed by atoms with Crippen LogP contribution >= 0.6 is 11.8 Å². The zero-order valence-electron chi connectivity index (χ0n) is 22.6. The van der Waals surface area contributed by atoms with Crippen LogP contribution in [-0.4, -0.2) is 84.2 Å². The Balaban J connectivity index is 1.67. The van der Waals surface area contributed by atoms with Crippen LogP contribution in [-0.2, 0) is 19.1 Å². The molecule has 3 aliphatic rings. The van der Waals surface area contributed by atoms with Gasteiger partial charge in [0.25, 0.3) is 0 Å². The van der Waals surface area contributed by atoms with Crippen LogP contribution in [0.4, 0.5) is 0 Å². The fraction of sp³-hybridized carbons (Fsp3) is 0.481. The number of hydrogen-bond acceptors (Lipinski definition) is 9. The number of ether oxygens (including phenoxy) is 3. The number of rotatable bonds is 7. The third kappa shape index (κ3) is 5.52. The second kappa shape index (κ2) is 11.5. The molecule has 3 aliphatic heterocycles. The molecule has 2 amide bonds. The fourth-order valence-electron chi connectivity index (χ4n) is 4.78. The van der Waals surface area contributed by atoms with Gasteiger partial charge in [0, 0.05) is 38.8 Å². The quantitative estimate of drug-likeness (QED) is 0.484. The molecule has 0 saturated carbocycles. The molecule has 1 aromatic rings. The van der Waals surface area contributed by atoms with Gasteiger partial charge in [0.05, 0.1) is 44.1 Å². The predicted molar refractivity (Wildman–Crippen MR) is 145 cm³/mol. The van der Waals surface area contributed by atoms with Crippen LogP contribution in [0.25, 0.3) is 0 Å². The standard InChI is InChI=1S/C27H34N4O6S/c1-16(2)37-26(34)24-17(3)28-27-31(25(24)19-7-8-21(35-5)22(13-19)36-6)20(15-38-27)14-23(33)30-11-9-29(10-12-30)18(4)32/h7-8,13,15-16,25H,9-12,14H2,1-6H3. The van der Waals surface area contributed by atoms with Crippen molar-refractivity contribution in [2.75, 3.05) is 40.4 Å². The van der Waals surface area contributed by atoms with E-state index >= 15 is 0 Å². The van der Waals surface area contributed by atoms with E-state index in [4.69, 9.17) is 19.2 Å². The summed E-state index contributed by atoms with van der Waals surface area (Å²) in [5.41, 5.74) is 2.50. The van der Waals surface area contributed by atoms with E-state index in [9.17, 15) is 14.4 Å². The summed E-state index contributed by atoms with van der Waals surface area (Å²) >= 11 is 1.42. The van der Waals surface area contributed by atoms with Crippen molar-refractivity contribution in [3.05, 3.63) is 46.1 Å². The van der Waals surface area contributed by atoms with Gasteiger partial charge in [-0.05, 0) is 43.9 Å². The summed E-state index contributed by atoms with van der Waals surface area (Å²) in [5, 5.41) is 2.60. The highest BCUT2D eigenvalue weighted by Gasteiger charge is 2.42. The largest absolute Gasteiger partial charge is 0.493 e. The molecule has 1 aromatic carbocycles. The minimum Gasteiger partial charge on any atom is -0.493 e. The maximum absolute atomic E-state index is 13.4. The van der Waals surface area contributed by atoms with Crippen LogP contribution in [0.15, 0.2) is 45.6 Å². The number of fused-ring (bicyclic) bond motifs is 1. The Labute approximate surface area is 227 Å². The van der Waals surface area contributed by atoms with Gasteiger partial charge in [-0.1, -0.05) is 17.8 Å². The molecule has 1 saturated heterocycles. The molecule has 1 atom stereocenters. The van der Waals surface area contributed by atoms with Gasteiger partial charge in [0.15, 0.2) is 16.7 Å². The highest BCUT2D eigenvalue weighted by molar-refractivity contribution is 8.16. The summed E-state index contributed by atoms with van der Waals surface area (Å²) in [7, 11) is 3.13. The topological polar surface area (TPSA) is 101 Å². The van der Waals surface area contributed by atoms with Crippen molar-refractivity contribution in [2.24, 2.45) is 4.99 Å². The SMILES string of the molecule is COc1ccc(C2C(C(=O)OC(C)C)=C(C)N=C3SC=C(CC(=O)N4CCN(C(C)=O)CC4)N32)cc1OC. The molecular weight excluding hydrogens is 508 g/mol. The number of esters is 1. The summed E-state index contributed by atoms with van der Waals surface area (Å²) in [5.74, 6) is 0.620. The van der Waals surface area contributed by atoms with E-state index in [2.05, 4.69) is 0 Å². The third-order valence-corrected chi connectivity index (χ3v) is 7.59. The lowest BCUT2D eigenvalue weighted by atomic mass is 9.93. The number of benzene rings is 1. The smallest absolute Gasteiger partial charge is 0.338 e. The second-order valence-corrected chi connectivity index (χ2v) is 10.4. The van der Waals surface area contributed by atoms with E-state index in [1.807, 2.05) is 22.4 Å². The molecule has 0 spiro atoms. The number of amidine groups is 1.